The topological polar surface area (TPSA) is 39.1 Å². The summed E-state index contributed by atoms with van der Waals surface area (Å²) >= 11 is 0. The summed E-state index contributed by atoms with van der Waals surface area (Å²) in [7, 11) is 3.66. The number of hydrogen-bond acceptors (Lipinski definition) is 3. The Labute approximate surface area is 98.0 Å². The Balaban J connectivity index is 2.85. The Kier molecular flexibility index (Phi) is 5.32. The van der Waals surface area contributed by atoms with Crippen LogP contribution in [-0.2, 0) is 7.05 Å². The second kappa shape index (κ2) is 6.53. The molecule has 0 aliphatic rings. The Morgan fingerprint density at radius 3 is 2.75 bits per heavy atom. The molecule has 0 amide bonds. The first kappa shape index (κ1) is 13.0. The minimum Gasteiger partial charge on any atom is -0.493 e. The summed E-state index contributed by atoms with van der Waals surface area (Å²) < 4.78 is 7.25. The van der Waals surface area contributed by atoms with Crippen LogP contribution in [0.15, 0.2) is 6.20 Å². The molecule has 0 spiro atoms. The van der Waals surface area contributed by atoms with Gasteiger partial charge in [0.15, 0.2) is 5.75 Å². The molecule has 0 aliphatic heterocycles. The molecular weight excluding hydrogens is 202 g/mol. The molecular formula is C12H23N3O. The van der Waals surface area contributed by atoms with Crippen LogP contribution in [0.3, 0.4) is 0 Å². The lowest BCUT2D eigenvalue weighted by molar-refractivity contribution is 0.387. The number of ether oxygens (including phenoxy) is 1. The molecule has 0 saturated heterocycles. The zero-order chi connectivity index (χ0) is 12.0. The molecule has 0 aliphatic carbocycles. The summed E-state index contributed by atoms with van der Waals surface area (Å²) in [4.78, 5) is 0. The normalized spacial score (nSPS) is 12.8. The fraction of sp³-hybridized carbons (Fsp3) is 0.750. The number of methoxy groups -OCH3 is 1. The van der Waals surface area contributed by atoms with Crippen molar-refractivity contribution in [3.8, 4) is 5.75 Å². The summed E-state index contributed by atoms with van der Waals surface area (Å²) in [6.45, 7) is 5.40. The molecule has 0 saturated carbocycles. The first-order valence-electron chi connectivity index (χ1n) is 6.03. The van der Waals surface area contributed by atoms with E-state index in [1.54, 1.807) is 13.3 Å². The van der Waals surface area contributed by atoms with Crippen LogP contribution in [0.1, 0.15) is 44.8 Å². The Hall–Kier alpha value is -1.03. The molecule has 4 heteroatoms. The van der Waals surface area contributed by atoms with Crippen molar-refractivity contribution in [2.75, 3.05) is 13.7 Å². The van der Waals surface area contributed by atoms with Gasteiger partial charge in [0, 0.05) is 7.05 Å². The molecule has 92 valence electrons. The van der Waals surface area contributed by atoms with Gasteiger partial charge < -0.3 is 10.1 Å². The van der Waals surface area contributed by atoms with Gasteiger partial charge in [0.1, 0.15) is 0 Å². The zero-order valence-corrected chi connectivity index (χ0v) is 10.8. The van der Waals surface area contributed by atoms with E-state index in [0.717, 1.165) is 37.3 Å². The van der Waals surface area contributed by atoms with Crippen LogP contribution < -0.4 is 10.1 Å². The molecule has 0 fully saturated rings. The first-order chi connectivity index (χ1) is 7.74. The third kappa shape index (κ3) is 2.98. The van der Waals surface area contributed by atoms with E-state index >= 15 is 0 Å². The zero-order valence-electron chi connectivity index (χ0n) is 10.8. The van der Waals surface area contributed by atoms with Crippen molar-refractivity contribution in [1.82, 2.24) is 15.1 Å². The lowest BCUT2D eigenvalue weighted by atomic mass is 10.1. The molecule has 0 radical (unpaired) electrons. The highest BCUT2D eigenvalue weighted by atomic mass is 16.5. The Bertz CT molecular complexity index is 309. The molecule has 0 aromatic carbocycles. The molecule has 1 aromatic rings. The van der Waals surface area contributed by atoms with Crippen molar-refractivity contribution in [1.29, 1.82) is 0 Å². The molecule has 1 unspecified atom stereocenters. The molecule has 4 nitrogen and oxygen atoms in total. The number of nitrogens with zero attached hydrogens (tertiary/aromatic N) is 2. The first-order valence-corrected chi connectivity index (χ1v) is 6.03. The second-order valence-corrected chi connectivity index (χ2v) is 4.02. The summed E-state index contributed by atoms with van der Waals surface area (Å²) in [5.74, 6) is 0.879. The predicted molar refractivity (Wildman–Crippen MR) is 65.7 cm³/mol. The standard InChI is InChI=1S/C12H23N3O/c1-5-7-10(13-8-6-2)12-11(16-4)9-14-15(12)3/h9-10,13H,5-8H2,1-4H3. The van der Waals surface area contributed by atoms with Gasteiger partial charge in [0.2, 0.25) is 0 Å². The highest BCUT2D eigenvalue weighted by Gasteiger charge is 2.18. The average Bonchev–Trinajstić information content (AvgIpc) is 2.66. The molecule has 1 N–H and O–H groups in total. The van der Waals surface area contributed by atoms with Gasteiger partial charge in [-0.2, -0.15) is 5.10 Å². The van der Waals surface area contributed by atoms with Crippen molar-refractivity contribution in [3.05, 3.63) is 11.9 Å². The molecule has 1 rings (SSSR count). The van der Waals surface area contributed by atoms with Crippen LogP contribution in [0.2, 0.25) is 0 Å². The fourth-order valence-electron chi connectivity index (χ4n) is 1.92. The average molecular weight is 225 g/mol. The van der Waals surface area contributed by atoms with Crippen molar-refractivity contribution < 1.29 is 4.74 Å². The highest BCUT2D eigenvalue weighted by Crippen LogP contribution is 2.27. The molecule has 1 atom stereocenters. The van der Waals surface area contributed by atoms with Gasteiger partial charge in [-0.15, -0.1) is 0 Å². The summed E-state index contributed by atoms with van der Waals surface area (Å²) in [6.07, 6.45) is 5.18. The van der Waals surface area contributed by atoms with E-state index in [1.165, 1.54) is 0 Å². The van der Waals surface area contributed by atoms with Gasteiger partial charge in [-0.1, -0.05) is 20.3 Å². The van der Waals surface area contributed by atoms with Gasteiger partial charge in [0.05, 0.1) is 25.0 Å². The quantitative estimate of drug-likeness (QED) is 0.773. The van der Waals surface area contributed by atoms with E-state index in [1.807, 2.05) is 11.7 Å². The number of hydrogen-bond donors (Lipinski definition) is 1. The van der Waals surface area contributed by atoms with Crippen LogP contribution >= 0.6 is 0 Å². The molecule has 16 heavy (non-hydrogen) atoms. The van der Waals surface area contributed by atoms with Crippen LogP contribution in [0.4, 0.5) is 0 Å². The predicted octanol–water partition coefficient (Wildman–Crippen LogP) is 2.27. The van der Waals surface area contributed by atoms with Crippen molar-refractivity contribution in [2.24, 2.45) is 7.05 Å². The van der Waals surface area contributed by atoms with E-state index in [-0.39, 0.29) is 0 Å². The van der Waals surface area contributed by atoms with Crippen LogP contribution in [0.25, 0.3) is 0 Å². The smallest absolute Gasteiger partial charge is 0.161 e. The van der Waals surface area contributed by atoms with Gasteiger partial charge in [0.25, 0.3) is 0 Å². The summed E-state index contributed by atoms with van der Waals surface area (Å²) in [5.41, 5.74) is 1.15. The van der Waals surface area contributed by atoms with Gasteiger partial charge in [-0.3, -0.25) is 4.68 Å². The van der Waals surface area contributed by atoms with Crippen molar-refractivity contribution in [2.45, 2.75) is 39.2 Å². The minimum atomic E-state index is 0.340. The minimum absolute atomic E-state index is 0.340. The van der Waals surface area contributed by atoms with E-state index in [0.29, 0.717) is 6.04 Å². The third-order valence-corrected chi connectivity index (χ3v) is 2.72. The van der Waals surface area contributed by atoms with Crippen molar-refractivity contribution in [3.63, 3.8) is 0 Å². The molecule has 1 heterocycles. The Morgan fingerprint density at radius 1 is 1.44 bits per heavy atom. The summed E-state index contributed by atoms with van der Waals surface area (Å²) in [6, 6.07) is 0.340. The maximum atomic E-state index is 5.35. The number of aromatic nitrogens is 2. The summed E-state index contributed by atoms with van der Waals surface area (Å²) in [5, 5.41) is 7.80. The molecule has 0 bridgehead atoms. The Morgan fingerprint density at radius 2 is 2.19 bits per heavy atom. The second-order valence-electron chi connectivity index (χ2n) is 4.02. The molecule has 1 aromatic heterocycles. The van der Waals surface area contributed by atoms with Crippen molar-refractivity contribution >= 4 is 0 Å². The number of aryl methyl sites for hydroxylation is 1. The van der Waals surface area contributed by atoms with Crippen LogP contribution in [0, 0.1) is 0 Å². The number of nitrogens with one attached hydrogen (secondary N) is 1. The largest absolute Gasteiger partial charge is 0.493 e. The highest BCUT2D eigenvalue weighted by molar-refractivity contribution is 5.28. The lowest BCUT2D eigenvalue weighted by Gasteiger charge is -2.19. The third-order valence-electron chi connectivity index (χ3n) is 2.72. The monoisotopic (exact) mass is 225 g/mol. The van der Waals surface area contributed by atoms with Crippen LogP contribution in [-0.4, -0.2) is 23.4 Å². The fourth-order valence-corrected chi connectivity index (χ4v) is 1.92. The SMILES string of the molecule is CCCNC(CCC)c1c(OC)cnn1C. The van der Waals surface area contributed by atoms with E-state index in [2.05, 4.69) is 24.3 Å². The maximum absolute atomic E-state index is 5.35. The maximum Gasteiger partial charge on any atom is 0.161 e. The lowest BCUT2D eigenvalue weighted by Crippen LogP contribution is -2.24. The van der Waals surface area contributed by atoms with Gasteiger partial charge in [-0.25, -0.2) is 0 Å². The van der Waals surface area contributed by atoms with E-state index in [9.17, 15) is 0 Å². The van der Waals surface area contributed by atoms with Gasteiger partial charge in [-0.05, 0) is 19.4 Å². The van der Waals surface area contributed by atoms with Gasteiger partial charge >= 0.3 is 0 Å². The van der Waals surface area contributed by atoms with Crippen LogP contribution in [0.5, 0.6) is 5.75 Å². The number of rotatable bonds is 7. The van der Waals surface area contributed by atoms with E-state index < -0.39 is 0 Å². The van der Waals surface area contributed by atoms with E-state index in [4.69, 9.17) is 4.74 Å².